The molecule has 3 rings (SSSR count). The lowest BCUT2D eigenvalue weighted by Crippen LogP contribution is -2.52. The Morgan fingerprint density at radius 1 is 1.22 bits per heavy atom. The summed E-state index contributed by atoms with van der Waals surface area (Å²) in [4.78, 5) is 14.7. The lowest BCUT2D eigenvalue weighted by molar-refractivity contribution is -0.127. The molecular formula is C16H27BrN2O3S. The van der Waals surface area contributed by atoms with E-state index in [0.717, 1.165) is 32.5 Å². The molecular weight excluding hydrogens is 380 g/mol. The minimum atomic E-state index is -3.33. The molecule has 0 aromatic carbocycles. The van der Waals surface area contributed by atoms with Crippen LogP contribution in [0, 0.1) is 16.7 Å². The van der Waals surface area contributed by atoms with Crippen molar-refractivity contribution in [2.45, 2.75) is 38.4 Å². The van der Waals surface area contributed by atoms with Gasteiger partial charge in [-0.3, -0.25) is 4.79 Å². The molecule has 5 nitrogen and oxygen atoms in total. The average molecular weight is 407 g/mol. The molecule has 132 valence electrons. The number of halogens is 1. The fourth-order valence-corrected chi connectivity index (χ4v) is 8.42. The zero-order chi connectivity index (χ0) is 17.0. The Morgan fingerprint density at radius 2 is 1.83 bits per heavy atom. The molecule has 3 aliphatic rings. The molecule has 0 aromatic rings. The van der Waals surface area contributed by atoms with E-state index in [4.69, 9.17) is 0 Å². The van der Waals surface area contributed by atoms with Crippen LogP contribution in [-0.2, 0) is 14.8 Å². The van der Waals surface area contributed by atoms with Gasteiger partial charge in [0.15, 0.2) is 5.78 Å². The van der Waals surface area contributed by atoms with Crippen molar-refractivity contribution in [3.8, 4) is 0 Å². The first kappa shape index (κ1) is 17.8. The Labute approximate surface area is 148 Å². The van der Waals surface area contributed by atoms with E-state index in [-0.39, 0.29) is 22.3 Å². The molecule has 0 N–H and O–H groups in total. The normalized spacial score (nSPS) is 42.5. The number of Topliss-reactive ketones (excluding diaryl/α,β-unsaturated/α-hetero) is 1. The van der Waals surface area contributed by atoms with E-state index in [0.29, 0.717) is 13.1 Å². The van der Waals surface area contributed by atoms with Crippen molar-refractivity contribution in [3.63, 3.8) is 0 Å². The largest absolute Gasteiger partial charge is 0.301 e. The Kier molecular flexibility index (Phi) is 4.48. The van der Waals surface area contributed by atoms with E-state index < -0.39 is 20.9 Å². The molecule has 3 fully saturated rings. The molecule has 2 saturated carbocycles. The highest BCUT2D eigenvalue weighted by atomic mass is 79.9. The number of fused-ring (bicyclic) bond motifs is 2. The van der Waals surface area contributed by atoms with Crippen LogP contribution < -0.4 is 0 Å². The summed E-state index contributed by atoms with van der Waals surface area (Å²) < 4.78 is 27.6. The highest BCUT2D eigenvalue weighted by molar-refractivity contribution is 9.10. The van der Waals surface area contributed by atoms with Crippen LogP contribution in [0.4, 0.5) is 0 Å². The third-order valence-corrected chi connectivity index (χ3v) is 10.0. The number of nitrogens with zero attached hydrogens (tertiary/aromatic N) is 2. The average Bonchev–Trinajstić information content (AvgIpc) is 2.83. The number of hydrogen-bond acceptors (Lipinski definition) is 4. The summed E-state index contributed by atoms with van der Waals surface area (Å²) in [6.07, 6.45) is 1.75. The van der Waals surface area contributed by atoms with Crippen LogP contribution in [0.1, 0.15) is 33.6 Å². The summed E-state index contributed by atoms with van der Waals surface area (Å²) in [6, 6.07) is 0. The third kappa shape index (κ3) is 2.53. The van der Waals surface area contributed by atoms with Crippen molar-refractivity contribution < 1.29 is 13.2 Å². The molecule has 0 amide bonds. The van der Waals surface area contributed by atoms with Gasteiger partial charge >= 0.3 is 0 Å². The van der Waals surface area contributed by atoms with Crippen LogP contribution >= 0.6 is 15.9 Å². The fraction of sp³-hybridized carbons (Fsp3) is 0.938. The van der Waals surface area contributed by atoms with E-state index in [1.54, 1.807) is 4.31 Å². The molecule has 7 heteroatoms. The quantitative estimate of drug-likeness (QED) is 0.666. The SMILES string of the molecule is CCN1CCN(S(=O)(=O)C[C@@]2(C)[C@H]3CC[C@@]2(C)C(=O)[C@H]3Br)CC1. The predicted octanol–water partition coefficient (Wildman–Crippen LogP) is 1.72. The van der Waals surface area contributed by atoms with Crippen LogP contribution in [0.25, 0.3) is 0 Å². The molecule has 1 saturated heterocycles. The number of hydrogen-bond donors (Lipinski definition) is 0. The third-order valence-electron chi connectivity index (χ3n) is 6.84. The first-order chi connectivity index (χ1) is 10.7. The lowest BCUT2D eigenvalue weighted by Gasteiger charge is -2.39. The van der Waals surface area contributed by atoms with Crippen molar-refractivity contribution in [3.05, 3.63) is 0 Å². The molecule has 4 atom stereocenters. The lowest BCUT2D eigenvalue weighted by atomic mass is 9.70. The predicted molar refractivity (Wildman–Crippen MR) is 94.1 cm³/mol. The summed E-state index contributed by atoms with van der Waals surface area (Å²) in [5, 5.41) is 0. The van der Waals surface area contributed by atoms with Crippen molar-refractivity contribution in [1.29, 1.82) is 0 Å². The molecule has 0 aromatic heterocycles. The van der Waals surface area contributed by atoms with Crippen molar-refractivity contribution >= 4 is 31.7 Å². The number of rotatable bonds is 4. The summed E-state index contributed by atoms with van der Waals surface area (Å²) in [5.74, 6) is 0.426. The molecule has 0 spiro atoms. The van der Waals surface area contributed by atoms with Crippen LogP contribution in [0.2, 0.25) is 0 Å². The van der Waals surface area contributed by atoms with Gasteiger partial charge in [-0.25, -0.2) is 8.42 Å². The van der Waals surface area contributed by atoms with Crippen molar-refractivity contribution in [2.24, 2.45) is 16.7 Å². The van der Waals surface area contributed by atoms with Gasteiger partial charge in [0.05, 0.1) is 10.6 Å². The minimum absolute atomic E-state index is 0.0983. The summed E-state index contributed by atoms with van der Waals surface area (Å²) in [5.41, 5.74) is -0.969. The zero-order valence-corrected chi connectivity index (χ0v) is 16.6. The van der Waals surface area contributed by atoms with Gasteiger partial charge in [0.1, 0.15) is 0 Å². The topological polar surface area (TPSA) is 57.7 Å². The standard InChI is InChI=1S/C16H27BrN2O3S/c1-4-18-7-9-19(10-8-18)23(21,22)11-16(3)12-5-6-15(16,2)14(20)13(12)17/h12-13H,4-11H2,1-3H3/t12-,13-,15-,16-/m0/s1. The number of ketones is 1. The maximum atomic E-state index is 13.0. The van der Waals surface area contributed by atoms with Gasteiger partial charge in [0.25, 0.3) is 0 Å². The van der Waals surface area contributed by atoms with Gasteiger partial charge in [-0.1, -0.05) is 36.7 Å². The van der Waals surface area contributed by atoms with Gasteiger partial charge < -0.3 is 4.90 Å². The van der Waals surface area contributed by atoms with Crippen molar-refractivity contribution in [1.82, 2.24) is 9.21 Å². The van der Waals surface area contributed by atoms with Crippen LogP contribution in [0.3, 0.4) is 0 Å². The number of sulfonamides is 1. The number of piperazine rings is 1. The van der Waals surface area contributed by atoms with Gasteiger partial charge in [-0.05, 0) is 30.7 Å². The van der Waals surface area contributed by atoms with Gasteiger partial charge in [-0.2, -0.15) is 4.31 Å². The van der Waals surface area contributed by atoms with E-state index in [2.05, 4.69) is 27.8 Å². The maximum absolute atomic E-state index is 13.0. The molecule has 2 bridgehead atoms. The molecule has 1 aliphatic heterocycles. The Balaban J connectivity index is 1.80. The highest BCUT2D eigenvalue weighted by Crippen LogP contribution is 2.65. The molecule has 1 heterocycles. The second kappa shape index (κ2) is 5.78. The summed E-state index contributed by atoms with van der Waals surface area (Å²) in [6.45, 7) is 9.79. The van der Waals surface area contributed by atoms with Gasteiger partial charge in [-0.15, -0.1) is 0 Å². The molecule has 0 radical (unpaired) electrons. The summed E-state index contributed by atoms with van der Waals surface area (Å²) in [7, 11) is -3.33. The first-order valence-corrected chi connectivity index (χ1v) is 11.1. The minimum Gasteiger partial charge on any atom is -0.301 e. The second-order valence-corrected chi connectivity index (χ2v) is 10.7. The number of carbonyl (C=O) groups is 1. The molecule has 0 unspecified atom stereocenters. The maximum Gasteiger partial charge on any atom is 0.214 e. The Bertz CT molecular complexity index is 602. The van der Waals surface area contributed by atoms with E-state index in [9.17, 15) is 13.2 Å². The fourth-order valence-electron chi connectivity index (χ4n) is 4.88. The smallest absolute Gasteiger partial charge is 0.214 e. The van der Waals surface area contributed by atoms with Gasteiger partial charge in [0.2, 0.25) is 10.0 Å². The van der Waals surface area contributed by atoms with E-state index in [1.165, 1.54) is 0 Å². The van der Waals surface area contributed by atoms with Crippen molar-refractivity contribution in [2.75, 3.05) is 38.5 Å². The highest BCUT2D eigenvalue weighted by Gasteiger charge is 2.68. The Hall–Kier alpha value is 0.0200. The summed E-state index contributed by atoms with van der Waals surface area (Å²) >= 11 is 3.53. The Morgan fingerprint density at radius 3 is 2.30 bits per heavy atom. The number of likely N-dealkylation sites (N-methyl/N-ethyl adjacent to an activating group) is 1. The zero-order valence-electron chi connectivity index (χ0n) is 14.2. The number of carbonyl (C=O) groups excluding carboxylic acids is 1. The van der Waals surface area contributed by atoms with E-state index in [1.807, 2.05) is 13.8 Å². The molecule has 23 heavy (non-hydrogen) atoms. The van der Waals surface area contributed by atoms with Crippen LogP contribution in [0.5, 0.6) is 0 Å². The second-order valence-electron chi connectivity index (χ2n) is 7.75. The van der Waals surface area contributed by atoms with Crippen LogP contribution in [0.15, 0.2) is 0 Å². The first-order valence-electron chi connectivity index (χ1n) is 8.54. The van der Waals surface area contributed by atoms with Crippen LogP contribution in [-0.4, -0.2) is 66.7 Å². The number of alkyl halides is 1. The molecule has 2 aliphatic carbocycles. The van der Waals surface area contributed by atoms with Gasteiger partial charge in [0, 0.05) is 31.6 Å². The monoisotopic (exact) mass is 406 g/mol. The van der Waals surface area contributed by atoms with E-state index >= 15 is 0 Å².